The highest BCUT2D eigenvalue weighted by atomic mass is 19.4. The molecule has 0 bridgehead atoms. The van der Waals surface area contributed by atoms with Crippen LogP contribution in [0.25, 0.3) is 16.6 Å². The summed E-state index contributed by atoms with van der Waals surface area (Å²) in [5.41, 5.74) is 4.37. The van der Waals surface area contributed by atoms with E-state index >= 15 is 0 Å². The SMILES string of the molecule is COc1cc(-c2cnn3cc(N4CCN([C@H](C)C#N)CC4)ccc23)cc2c1C(=O)N(CC(F)(F)F)CC2. The number of piperazine rings is 1. The zero-order valence-corrected chi connectivity index (χ0v) is 20.6. The predicted molar refractivity (Wildman–Crippen MR) is 132 cm³/mol. The monoisotopic (exact) mass is 512 g/mol. The van der Waals surface area contributed by atoms with E-state index < -0.39 is 18.6 Å². The third-order valence-electron chi connectivity index (χ3n) is 7.15. The molecule has 0 unspecified atom stereocenters. The second-order valence-corrected chi connectivity index (χ2v) is 9.41. The van der Waals surface area contributed by atoms with E-state index in [4.69, 9.17) is 10.00 Å². The van der Waals surface area contributed by atoms with E-state index in [-0.39, 0.29) is 23.9 Å². The predicted octanol–water partition coefficient (Wildman–Crippen LogP) is 3.60. The van der Waals surface area contributed by atoms with E-state index in [1.54, 1.807) is 16.8 Å². The highest BCUT2D eigenvalue weighted by Crippen LogP contribution is 2.36. The number of aromatic nitrogens is 2. The molecule has 0 N–H and O–H groups in total. The maximum atomic E-state index is 12.9. The smallest absolute Gasteiger partial charge is 0.406 e. The molecule has 4 heterocycles. The lowest BCUT2D eigenvalue weighted by Crippen LogP contribution is -2.49. The molecule has 1 atom stereocenters. The molecule has 0 spiro atoms. The molecule has 0 saturated carbocycles. The van der Waals surface area contributed by atoms with Crippen LogP contribution in [0.3, 0.4) is 0 Å². The first kappa shape index (κ1) is 24.9. The summed E-state index contributed by atoms with van der Waals surface area (Å²) < 4.78 is 46.1. The van der Waals surface area contributed by atoms with Gasteiger partial charge in [0.05, 0.1) is 48.4 Å². The lowest BCUT2D eigenvalue weighted by Gasteiger charge is -2.37. The van der Waals surface area contributed by atoms with E-state index in [0.717, 1.165) is 53.4 Å². The van der Waals surface area contributed by atoms with Gasteiger partial charge in [0.1, 0.15) is 12.3 Å². The number of amides is 1. The van der Waals surface area contributed by atoms with Crippen molar-refractivity contribution in [2.45, 2.75) is 25.6 Å². The molecule has 2 aromatic heterocycles. The maximum absolute atomic E-state index is 12.9. The van der Waals surface area contributed by atoms with Gasteiger partial charge in [-0.1, -0.05) is 0 Å². The van der Waals surface area contributed by atoms with E-state index in [2.05, 4.69) is 21.0 Å². The van der Waals surface area contributed by atoms with Crippen LogP contribution in [0, 0.1) is 11.3 Å². The summed E-state index contributed by atoms with van der Waals surface area (Å²) in [7, 11) is 1.41. The van der Waals surface area contributed by atoms with Crippen LogP contribution in [-0.4, -0.2) is 83.9 Å². The Hall–Kier alpha value is -3.78. The Bertz CT molecular complexity index is 1350. The molecular formula is C26H27F3N6O2. The average molecular weight is 513 g/mol. The van der Waals surface area contributed by atoms with Crippen LogP contribution in [0.15, 0.2) is 36.7 Å². The number of hydrogen-bond acceptors (Lipinski definition) is 6. The Labute approximate surface area is 212 Å². The van der Waals surface area contributed by atoms with Crippen molar-refractivity contribution < 1.29 is 22.7 Å². The summed E-state index contributed by atoms with van der Waals surface area (Å²) in [6.45, 7) is 3.88. The van der Waals surface area contributed by atoms with Crippen LogP contribution >= 0.6 is 0 Å². The van der Waals surface area contributed by atoms with Gasteiger partial charge < -0.3 is 14.5 Å². The number of hydrogen-bond donors (Lipinski definition) is 0. The van der Waals surface area contributed by atoms with Gasteiger partial charge in [0.15, 0.2) is 0 Å². The van der Waals surface area contributed by atoms with E-state index in [1.165, 1.54) is 7.11 Å². The van der Waals surface area contributed by atoms with Crippen LogP contribution in [0.2, 0.25) is 0 Å². The zero-order valence-electron chi connectivity index (χ0n) is 20.6. The van der Waals surface area contributed by atoms with Gasteiger partial charge in [-0.05, 0) is 48.7 Å². The molecule has 2 aliphatic heterocycles. The summed E-state index contributed by atoms with van der Waals surface area (Å²) >= 11 is 0. The van der Waals surface area contributed by atoms with E-state index in [9.17, 15) is 18.0 Å². The normalized spacial score (nSPS) is 17.6. The number of fused-ring (bicyclic) bond motifs is 2. The van der Waals surface area contributed by atoms with Crippen molar-refractivity contribution in [3.63, 3.8) is 0 Å². The van der Waals surface area contributed by atoms with Gasteiger partial charge in [-0.2, -0.15) is 23.5 Å². The number of methoxy groups -OCH3 is 1. The number of nitriles is 1. The molecule has 37 heavy (non-hydrogen) atoms. The van der Waals surface area contributed by atoms with Gasteiger partial charge in [0.25, 0.3) is 5.91 Å². The minimum absolute atomic E-state index is 0.00349. The molecule has 2 aliphatic rings. The zero-order chi connectivity index (χ0) is 26.3. The van der Waals surface area contributed by atoms with Crippen LogP contribution in [0.4, 0.5) is 18.9 Å². The van der Waals surface area contributed by atoms with Gasteiger partial charge in [0.2, 0.25) is 0 Å². The fourth-order valence-electron chi connectivity index (χ4n) is 5.14. The Kier molecular flexibility index (Phi) is 6.45. The number of rotatable bonds is 5. The highest BCUT2D eigenvalue weighted by molar-refractivity contribution is 6.00. The summed E-state index contributed by atoms with van der Waals surface area (Å²) in [4.78, 5) is 18.1. The molecule has 1 amide bonds. The number of carbonyl (C=O) groups excluding carboxylic acids is 1. The van der Waals surface area contributed by atoms with E-state index in [1.807, 2.05) is 31.3 Å². The number of ether oxygens (including phenoxy) is 1. The second kappa shape index (κ2) is 9.59. The largest absolute Gasteiger partial charge is 0.496 e. The number of nitrogens with zero attached hydrogens (tertiary/aromatic N) is 6. The number of carbonyl (C=O) groups is 1. The second-order valence-electron chi connectivity index (χ2n) is 9.41. The summed E-state index contributed by atoms with van der Waals surface area (Å²) in [5.74, 6) is -0.416. The fraction of sp³-hybridized carbons (Fsp3) is 0.423. The molecule has 3 aromatic rings. The van der Waals surface area contributed by atoms with Crippen molar-refractivity contribution >= 4 is 17.1 Å². The third-order valence-corrected chi connectivity index (χ3v) is 7.15. The molecule has 0 radical (unpaired) electrons. The topological polar surface area (TPSA) is 77.1 Å². The Morgan fingerprint density at radius 2 is 1.92 bits per heavy atom. The molecule has 0 aliphatic carbocycles. The summed E-state index contributed by atoms with van der Waals surface area (Å²) in [6, 6.07) is 9.76. The standard InChI is InChI=1S/C26H27F3N6O2/c1-17(13-30)32-7-9-33(10-8-32)20-3-4-22-21(14-31-35(22)15-20)19-11-18-5-6-34(16-26(27,28)29)25(36)24(18)23(12-19)37-2/h3-4,11-12,14-15,17H,5-10,16H2,1-2H3/t17-/m1/s1. The minimum atomic E-state index is -4.46. The van der Waals surface area contributed by atoms with Crippen molar-refractivity contribution in [3.05, 3.63) is 47.8 Å². The van der Waals surface area contributed by atoms with Crippen molar-refractivity contribution in [2.75, 3.05) is 51.3 Å². The van der Waals surface area contributed by atoms with Crippen molar-refractivity contribution in [1.82, 2.24) is 19.4 Å². The fourth-order valence-corrected chi connectivity index (χ4v) is 5.14. The molecule has 8 nitrogen and oxygen atoms in total. The molecule has 1 fully saturated rings. The molecule has 5 rings (SSSR count). The van der Waals surface area contributed by atoms with Gasteiger partial charge in [-0.25, -0.2) is 4.52 Å². The molecule has 1 saturated heterocycles. The molecule has 11 heteroatoms. The number of benzene rings is 1. The van der Waals surface area contributed by atoms with Crippen LogP contribution in [-0.2, 0) is 6.42 Å². The summed E-state index contributed by atoms with van der Waals surface area (Å²) in [6.07, 6.45) is -0.441. The molecular weight excluding hydrogens is 485 g/mol. The minimum Gasteiger partial charge on any atom is -0.496 e. The van der Waals surface area contributed by atoms with E-state index in [0.29, 0.717) is 12.0 Å². The average Bonchev–Trinajstić information content (AvgIpc) is 3.32. The molecule has 194 valence electrons. The van der Waals surface area contributed by atoms with Gasteiger partial charge in [-0.3, -0.25) is 9.69 Å². The van der Waals surface area contributed by atoms with Crippen LogP contribution in [0.1, 0.15) is 22.8 Å². The van der Waals surface area contributed by atoms with Crippen molar-refractivity contribution in [1.29, 1.82) is 5.26 Å². The lowest BCUT2D eigenvalue weighted by atomic mass is 9.93. The van der Waals surface area contributed by atoms with Crippen molar-refractivity contribution in [2.24, 2.45) is 0 Å². The number of anilines is 1. The van der Waals surface area contributed by atoms with Gasteiger partial charge in [0, 0.05) is 38.3 Å². The van der Waals surface area contributed by atoms with Crippen LogP contribution < -0.4 is 9.64 Å². The number of pyridine rings is 1. The van der Waals surface area contributed by atoms with Crippen molar-refractivity contribution in [3.8, 4) is 22.9 Å². The van der Waals surface area contributed by atoms with Crippen LogP contribution in [0.5, 0.6) is 5.75 Å². The van der Waals surface area contributed by atoms with Gasteiger partial charge in [-0.15, -0.1) is 0 Å². The number of halogens is 3. The first-order valence-corrected chi connectivity index (χ1v) is 12.1. The first-order chi connectivity index (χ1) is 17.7. The highest BCUT2D eigenvalue weighted by Gasteiger charge is 2.37. The Balaban J connectivity index is 1.42. The Morgan fingerprint density at radius 1 is 1.16 bits per heavy atom. The molecule has 1 aromatic carbocycles. The lowest BCUT2D eigenvalue weighted by molar-refractivity contribution is -0.141. The number of alkyl halides is 3. The first-order valence-electron chi connectivity index (χ1n) is 12.1. The third kappa shape index (κ3) is 4.81. The van der Waals surface area contributed by atoms with Gasteiger partial charge >= 0.3 is 6.18 Å². The maximum Gasteiger partial charge on any atom is 0.406 e. The summed E-state index contributed by atoms with van der Waals surface area (Å²) in [5, 5.41) is 13.7. The quantitative estimate of drug-likeness (QED) is 0.520. The Morgan fingerprint density at radius 3 is 2.59 bits per heavy atom.